The highest BCUT2D eigenvalue weighted by atomic mass is 16.4. The normalized spacial score (nSPS) is 28.6. The average Bonchev–Trinajstić information content (AvgIpc) is 2.86. The second-order valence-corrected chi connectivity index (χ2v) is 5.94. The standard InChI is InChI=1S/C14H26N2O3/c1-11(17)4-8-15-9-5-12(6-10-15)16-7-2-3-13(16)14(18)19/h11-13,17H,2-10H2,1H3,(H,18,19). The Morgan fingerprint density at radius 2 is 1.95 bits per heavy atom. The zero-order chi connectivity index (χ0) is 13.8. The predicted octanol–water partition coefficient (Wildman–Crippen LogP) is 0.771. The summed E-state index contributed by atoms with van der Waals surface area (Å²) in [7, 11) is 0. The molecule has 0 aliphatic carbocycles. The van der Waals surface area contributed by atoms with Crippen molar-refractivity contribution in [3.63, 3.8) is 0 Å². The van der Waals surface area contributed by atoms with E-state index in [4.69, 9.17) is 0 Å². The highest BCUT2D eigenvalue weighted by Gasteiger charge is 2.36. The lowest BCUT2D eigenvalue weighted by molar-refractivity contribution is -0.143. The lowest BCUT2D eigenvalue weighted by atomic mass is 10.0. The molecule has 2 fully saturated rings. The minimum atomic E-state index is -0.658. The summed E-state index contributed by atoms with van der Waals surface area (Å²) in [5.74, 6) is -0.658. The van der Waals surface area contributed by atoms with Gasteiger partial charge in [-0.1, -0.05) is 0 Å². The summed E-state index contributed by atoms with van der Waals surface area (Å²) in [6.07, 6.45) is 4.53. The molecule has 5 nitrogen and oxygen atoms in total. The van der Waals surface area contributed by atoms with Crippen molar-refractivity contribution in [2.45, 2.75) is 57.2 Å². The largest absolute Gasteiger partial charge is 0.480 e. The van der Waals surface area contributed by atoms with Crippen LogP contribution in [0.4, 0.5) is 0 Å². The Labute approximate surface area is 115 Å². The van der Waals surface area contributed by atoms with E-state index < -0.39 is 5.97 Å². The Kier molecular flexibility index (Phi) is 5.19. The van der Waals surface area contributed by atoms with Gasteiger partial charge in [0.05, 0.1) is 6.10 Å². The molecule has 19 heavy (non-hydrogen) atoms. The number of likely N-dealkylation sites (tertiary alicyclic amines) is 2. The van der Waals surface area contributed by atoms with Crippen molar-refractivity contribution in [3.8, 4) is 0 Å². The van der Waals surface area contributed by atoms with Gasteiger partial charge in [-0.25, -0.2) is 0 Å². The van der Waals surface area contributed by atoms with Crippen molar-refractivity contribution < 1.29 is 15.0 Å². The minimum Gasteiger partial charge on any atom is -0.480 e. The van der Waals surface area contributed by atoms with Crippen LogP contribution in [0.1, 0.15) is 39.0 Å². The van der Waals surface area contributed by atoms with Crippen LogP contribution in [0.2, 0.25) is 0 Å². The van der Waals surface area contributed by atoms with E-state index in [0.29, 0.717) is 6.04 Å². The Balaban J connectivity index is 1.78. The molecule has 0 aromatic heterocycles. The molecular weight excluding hydrogens is 244 g/mol. The van der Waals surface area contributed by atoms with Crippen LogP contribution in [0.5, 0.6) is 0 Å². The van der Waals surface area contributed by atoms with Crippen molar-refractivity contribution in [1.29, 1.82) is 0 Å². The summed E-state index contributed by atoms with van der Waals surface area (Å²) in [5.41, 5.74) is 0. The topological polar surface area (TPSA) is 64.0 Å². The minimum absolute atomic E-state index is 0.229. The number of aliphatic hydroxyl groups excluding tert-OH is 1. The molecule has 2 saturated heterocycles. The van der Waals surface area contributed by atoms with E-state index in [-0.39, 0.29) is 12.1 Å². The summed E-state index contributed by atoms with van der Waals surface area (Å²) in [6.45, 7) is 5.77. The molecule has 0 saturated carbocycles. The maximum Gasteiger partial charge on any atom is 0.320 e. The van der Waals surface area contributed by atoms with Crippen LogP contribution in [0.25, 0.3) is 0 Å². The number of nitrogens with zero attached hydrogens (tertiary/aromatic N) is 2. The Hall–Kier alpha value is -0.650. The van der Waals surface area contributed by atoms with Crippen LogP contribution < -0.4 is 0 Å². The van der Waals surface area contributed by atoms with E-state index in [0.717, 1.165) is 58.3 Å². The lowest BCUT2D eigenvalue weighted by Gasteiger charge is -2.38. The van der Waals surface area contributed by atoms with E-state index in [1.165, 1.54) is 0 Å². The molecule has 110 valence electrons. The van der Waals surface area contributed by atoms with Gasteiger partial charge < -0.3 is 15.1 Å². The van der Waals surface area contributed by atoms with Gasteiger partial charge in [-0.2, -0.15) is 0 Å². The van der Waals surface area contributed by atoms with E-state index >= 15 is 0 Å². The Morgan fingerprint density at radius 1 is 1.26 bits per heavy atom. The van der Waals surface area contributed by atoms with Crippen LogP contribution in [-0.4, -0.2) is 70.3 Å². The first-order chi connectivity index (χ1) is 9.08. The summed E-state index contributed by atoms with van der Waals surface area (Å²) < 4.78 is 0. The second-order valence-electron chi connectivity index (χ2n) is 5.94. The third-order valence-corrected chi connectivity index (χ3v) is 4.47. The summed E-state index contributed by atoms with van der Waals surface area (Å²) >= 11 is 0. The summed E-state index contributed by atoms with van der Waals surface area (Å²) in [5, 5.41) is 18.5. The monoisotopic (exact) mass is 270 g/mol. The first-order valence-corrected chi connectivity index (χ1v) is 7.47. The fourth-order valence-electron chi connectivity index (χ4n) is 3.34. The van der Waals surface area contributed by atoms with Gasteiger partial charge in [0.2, 0.25) is 0 Å². The quantitative estimate of drug-likeness (QED) is 0.772. The van der Waals surface area contributed by atoms with Crippen LogP contribution in [0.3, 0.4) is 0 Å². The van der Waals surface area contributed by atoms with Gasteiger partial charge in [0, 0.05) is 12.6 Å². The van der Waals surface area contributed by atoms with Gasteiger partial charge in [-0.05, 0) is 58.7 Å². The molecule has 2 unspecified atom stereocenters. The van der Waals surface area contributed by atoms with E-state index in [1.807, 2.05) is 6.92 Å². The number of rotatable bonds is 5. The predicted molar refractivity (Wildman–Crippen MR) is 73.1 cm³/mol. The van der Waals surface area contributed by atoms with Crippen molar-refractivity contribution >= 4 is 5.97 Å². The molecule has 0 bridgehead atoms. The van der Waals surface area contributed by atoms with Gasteiger partial charge in [0.15, 0.2) is 0 Å². The Bertz CT molecular complexity index is 301. The van der Waals surface area contributed by atoms with Crippen LogP contribution in [-0.2, 0) is 4.79 Å². The molecule has 2 atom stereocenters. The maximum atomic E-state index is 11.2. The molecule has 0 aromatic carbocycles. The van der Waals surface area contributed by atoms with Crippen LogP contribution >= 0.6 is 0 Å². The summed E-state index contributed by atoms with van der Waals surface area (Å²) in [6, 6.07) is 0.181. The van der Waals surface area contributed by atoms with Crippen molar-refractivity contribution in [1.82, 2.24) is 9.80 Å². The Morgan fingerprint density at radius 3 is 2.53 bits per heavy atom. The molecule has 2 aliphatic heterocycles. The molecule has 0 radical (unpaired) electrons. The van der Waals surface area contributed by atoms with Gasteiger partial charge in [0.1, 0.15) is 6.04 Å². The fourth-order valence-corrected chi connectivity index (χ4v) is 3.34. The van der Waals surface area contributed by atoms with Gasteiger partial charge in [-0.3, -0.25) is 9.69 Å². The SMILES string of the molecule is CC(O)CCN1CCC(N2CCCC2C(=O)O)CC1. The zero-order valence-corrected chi connectivity index (χ0v) is 11.8. The second kappa shape index (κ2) is 6.68. The smallest absolute Gasteiger partial charge is 0.320 e. The van der Waals surface area contributed by atoms with Gasteiger partial charge in [-0.15, -0.1) is 0 Å². The molecule has 5 heteroatoms. The lowest BCUT2D eigenvalue weighted by Crippen LogP contribution is -2.49. The summed E-state index contributed by atoms with van der Waals surface area (Å²) in [4.78, 5) is 15.8. The zero-order valence-electron chi connectivity index (χ0n) is 11.8. The highest BCUT2D eigenvalue weighted by molar-refractivity contribution is 5.73. The first-order valence-electron chi connectivity index (χ1n) is 7.47. The van der Waals surface area contributed by atoms with E-state index in [9.17, 15) is 15.0 Å². The van der Waals surface area contributed by atoms with Crippen LogP contribution in [0, 0.1) is 0 Å². The molecule has 2 rings (SSSR count). The number of aliphatic carboxylic acids is 1. The van der Waals surface area contributed by atoms with E-state index in [1.54, 1.807) is 0 Å². The number of aliphatic hydroxyl groups is 1. The third kappa shape index (κ3) is 3.91. The fraction of sp³-hybridized carbons (Fsp3) is 0.929. The highest BCUT2D eigenvalue weighted by Crippen LogP contribution is 2.26. The van der Waals surface area contributed by atoms with Crippen LogP contribution in [0.15, 0.2) is 0 Å². The van der Waals surface area contributed by atoms with Crippen molar-refractivity contribution in [2.24, 2.45) is 0 Å². The average molecular weight is 270 g/mol. The molecule has 0 amide bonds. The number of hydrogen-bond acceptors (Lipinski definition) is 4. The first kappa shape index (κ1) is 14.8. The number of carboxylic acids is 1. The molecule has 2 aliphatic rings. The van der Waals surface area contributed by atoms with Crippen molar-refractivity contribution in [2.75, 3.05) is 26.2 Å². The van der Waals surface area contributed by atoms with Gasteiger partial charge in [0.25, 0.3) is 0 Å². The van der Waals surface area contributed by atoms with E-state index in [2.05, 4.69) is 9.80 Å². The maximum absolute atomic E-state index is 11.2. The number of piperidine rings is 1. The molecule has 2 heterocycles. The van der Waals surface area contributed by atoms with Gasteiger partial charge >= 0.3 is 5.97 Å². The van der Waals surface area contributed by atoms with Crippen molar-refractivity contribution in [3.05, 3.63) is 0 Å². The molecule has 0 aromatic rings. The number of carbonyl (C=O) groups is 1. The third-order valence-electron chi connectivity index (χ3n) is 4.47. The molecule has 2 N–H and O–H groups in total. The number of carboxylic acid groups (broad SMARTS) is 1. The molecule has 0 spiro atoms. The molecular formula is C14H26N2O3. The number of hydrogen-bond donors (Lipinski definition) is 2.